The number of hydrogen-bond acceptors (Lipinski definition) is 11. The summed E-state index contributed by atoms with van der Waals surface area (Å²) < 4.78 is 21.0. The van der Waals surface area contributed by atoms with Crippen LogP contribution in [0.1, 0.15) is 63.0 Å². The van der Waals surface area contributed by atoms with Gasteiger partial charge in [-0.1, -0.05) is 86.4 Å². The fourth-order valence-corrected chi connectivity index (χ4v) is 5.86. The average Bonchev–Trinajstić information content (AvgIpc) is 3.64. The number of hydrogen-bond donors (Lipinski definition) is 2. The van der Waals surface area contributed by atoms with Gasteiger partial charge in [0.05, 0.1) is 7.11 Å². The van der Waals surface area contributed by atoms with Gasteiger partial charge in [0.1, 0.15) is 37.4 Å². The Morgan fingerprint density at radius 1 is 1.04 bits per heavy atom. The Bertz CT molecular complexity index is 1800. The lowest BCUT2D eigenvalue weighted by Gasteiger charge is -2.15. The van der Waals surface area contributed by atoms with Crippen LogP contribution in [0.2, 0.25) is 5.02 Å². The van der Waals surface area contributed by atoms with Crippen LogP contribution in [0.4, 0.5) is 0 Å². The molecule has 3 atom stereocenters. The molecule has 14 heteroatoms. The average molecular weight is 793 g/mol. The topological polar surface area (TPSA) is 173 Å². The van der Waals surface area contributed by atoms with Crippen LogP contribution in [-0.2, 0) is 25.8 Å². The molecule has 56 heavy (non-hydrogen) atoms. The zero-order valence-corrected chi connectivity index (χ0v) is 32.3. The zero-order valence-electron chi connectivity index (χ0n) is 31.6. The lowest BCUT2D eigenvalue weighted by atomic mass is 9.92. The van der Waals surface area contributed by atoms with E-state index in [0.29, 0.717) is 34.2 Å². The highest BCUT2D eigenvalue weighted by molar-refractivity contribution is 6.30. The number of nitrogens with one attached hydrogen (secondary N) is 1. The first kappa shape index (κ1) is 44.7. The summed E-state index contributed by atoms with van der Waals surface area (Å²) in [7, 11) is 1.38. The molecule has 1 amide bonds. The number of benzene rings is 3. The Morgan fingerprint density at radius 2 is 1.84 bits per heavy atom. The van der Waals surface area contributed by atoms with Crippen LogP contribution in [0.3, 0.4) is 0 Å². The Kier molecular flexibility index (Phi) is 20.3. The standard InChI is InChI=1S/C22H31ClO2.C20H18N2O9/c1-2-3-4-5-6-9-18-10-7-11-19(18)14-15-21(24)17-25-22-13-8-12-20(23)16-22;1-28-18-10-14(5-7-17(18)31-20(25)11-21-13-23)6-8-19(24)30-16-4-2-3-15(9-16)12-29-22(26)27/h5-6,8,12-16,18-19,21,24H,2-4,7,9-11,17H2,1H3;2-10,13H,11-12H2,1H3,(H,21,23)/b6-5-,15-14+;8-6+. The summed E-state index contributed by atoms with van der Waals surface area (Å²) >= 11 is 5.93. The number of methoxy groups -OCH3 is 1. The van der Waals surface area contributed by atoms with Crippen molar-refractivity contribution in [2.24, 2.45) is 11.8 Å². The Labute approximate surface area is 332 Å². The van der Waals surface area contributed by atoms with Crippen molar-refractivity contribution in [1.29, 1.82) is 0 Å². The third kappa shape index (κ3) is 17.7. The van der Waals surface area contributed by atoms with E-state index in [0.717, 1.165) is 12.3 Å². The number of amides is 1. The number of aliphatic hydroxyl groups excluding tert-OH is 1. The van der Waals surface area contributed by atoms with Gasteiger partial charge >= 0.3 is 11.9 Å². The second-order valence-electron chi connectivity index (χ2n) is 12.7. The fraction of sp³-hybridized carbons (Fsp3) is 0.357. The third-order valence-electron chi connectivity index (χ3n) is 8.45. The minimum atomic E-state index is -0.913. The summed E-state index contributed by atoms with van der Waals surface area (Å²) in [5.41, 5.74) is 1.02. The zero-order chi connectivity index (χ0) is 40.5. The van der Waals surface area contributed by atoms with E-state index in [4.69, 9.17) is 30.5 Å². The number of rotatable bonds is 21. The summed E-state index contributed by atoms with van der Waals surface area (Å²) in [6.07, 6.45) is 19.9. The molecule has 1 aliphatic carbocycles. The summed E-state index contributed by atoms with van der Waals surface area (Å²) in [4.78, 5) is 48.4. The molecule has 0 bridgehead atoms. The molecular formula is C42H49ClN2O11. The number of carbonyl (C=O) groups excluding carboxylic acids is 3. The molecule has 0 spiro atoms. The van der Waals surface area contributed by atoms with Crippen molar-refractivity contribution in [3.8, 4) is 23.0 Å². The number of unbranched alkanes of at least 4 members (excludes halogenated alkanes) is 2. The lowest BCUT2D eigenvalue weighted by molar-refractivity contribution is -0.763. The molecule has 0 heterocycles. The van der Waals surface area contributed by atoms with Crippen molar-refractivity contribution in [2.45, 2.75) is 64.6 Å². The van der Waals surface area contributed by atoms with Gasteiger partial charge in [0.25, 0.3) is 5.09 Å². The van der Waals surface area contributed by atoms with Crippen molar-refractivity contribution in [2.75, 3.05) is 20.3 Å². The van der Waals surface area contributed by atoms with E-state index in [-0.39, 0.29) is 37.0 Å². The predicted octanol–water partition coefficient (Wildman–Crippen LogP) is 7.86. The molecule has 0 aliphatic heterocycles. The van der Waals surface area contributed by atoms with E-state index in [2.05, 4.69) is 35.3 Å². The molecule has 3 unspecified atom stereocenters. The Morgan fingerprint density at radius 3 is 2.59 bits per heavy atom. The molecule has 3 aromatic rings. The number of ether oxygens (including phenoxy) is 4. The number of nitrogens with zero attached hydrogens (tertiary/aromatic N) is 1. The quantitative estimate of drug-likeness (QED) is 0.0157. The van der Waals surface area contributed by atoms with Gasteiger partial charge in [-0.25, -0.2) is 9.59 Å². The van der Waals surface area contributed by atoms with Gasteiger partial charge in [-0.3, -0.25) is 4.79 Å². The van der Waals surface area contributed by atoms with E-state index in [1.165, 1.54) is 82.1 Å². The molecule has 1 saturated carbocycles. The first-order valence-corrected chi connectivity index (χ1v) is 18.7. The lowest BCUT2D eigenvalue weighted by Crippen LogP contribution is -2.25. The predicted molar refractivity (Wildman–Crippen MR) is 212 cm³/mol. The summed E-state index contributed by atoms with van der Waals surface area (Å²) in [6, 6.07) is 18.0. The van der Waals surface area contributed by atoms with E-state index >= 15 is 0 Å². The van der Waals surface area contributed by atoms with Crippen molar-refractivity contribution < 1.29 is 48.4 Å². The third-order valence-corrected chi connectivity index (χ3v) is 8.69. The van der Waals surface area contributed by atoms with E-state index in [1.807, 2.05) is 24.3 Å². The maximum absolute atomic E-state index is 12.0. The molecule has 4 rings (SSSR count). The van der Waals surface area contributed by atoms with Gasteiger partial charge in [-0.15, -0.1) is 10.1 Å². The highest BCUT2D eigenvalue weighted by Gasteiger charge is 2.24. The van der Waals surface area contributed by atoms with Gasteiger partial charge in [0.15, 0.2) is 11.5 Å². The smallest absolute Gasteiger partial charge is 0.336 e. The van der Waals surface area contributed by atoms with E-state index in [1.54, 1.807) is 24.3 Å². The molecule has 0 radical (unpaired) electrons. The molecule has 0 saturated heterocycles. The summed E-state index contributed by atoms with van der Waals surface area (Å²) in [6.45, 7) is 1.92. The van der Waals surface area contributed by atoms with Crippen LogP contribution >= 0.6 is 11.6 Å². The van der Waals surface area contributed by atoms with Gasteiger partial charge < -0.3 is 34.2 Å². The van der Waals surface area contributed by atoms with Crippen molar-refractivity contribution in [1.82, 2.24) is 5.32 Å². The van der Waals surface area contributed by atoms with Crippen molar-refractivity contribution in [3.05, 3.63) is 123 Å². The molecule has 300 valence electrons. The van der Waals surface area contributed by atoms with Crippen LogP contribution in [-0.4, -0.2) is 54.9 Å². The Hall–Kier alpha value is -5.66. The minimum Gasteiger partial charge on any atom is -0.493 e. The molecular weight excluding hydrogens is 744 g/mol. The molecule has 1 aliphatic rings. The monoisotopic (exact) mass is 792 g/mol. The SMILES string of the molecule is CCCC/C=C\CC1CCCC1/C=C/C(O)COc1cccc(Cl)c1.COc1cc(/C=C/C(=O)Oc2cccc(CO[N+](=O)[O-])c2)ccc1OC(=O)CNC=O. The van der Waals surface area contributed by atoms with Gasteiger partial charge in [0.2, 0.25) is 6.41 Å². The van der Waals surface area contributed by atoms with Crippen LogP contribution < -0.4 is 24.3 Å². The molecule has 0 aromatic heterocycles. The normalized spacial score (nSPS) is 15.5. The molecule has 3 aromatic carbocycles. The fourth-order valence-electron chi connectivity index (χ4n) is 5.68. The number of halogens is 1. The molecule has 1 fully saturated rings. The largest absolute Gasteiger partial charge is 0.493 e. The van der Waals surface area contributed by atoms with Crippen LogP contribution in [0.25, 0.3) is 6.08 Å². The van der Waals surface area contributed by atoms with Gasteiger partial charge in [0, 0.05) is 11.1 Å². The number of esters is 2. The molecule has 2 N–H and O–H groups in total. The molecule has 13 nitrogen and oxygen atoms in total. The number of allylic oxidation sites excluding steroid dienone is 3. The summed E-state index contributed by atoms with van der Waals surface area (Å²) in [5.74, 6) is 1.22. The first-order valence-electron chi connectivity index (χ1n) is 18.3. The van der Waals surface area contributed by atoms with Gasteiger partial charge in [-0.2, -0.15) is 0 Å². The number of carbonyl (C=O) groups is 3. The first-order chi connectivity index (χ1) is 27.1. The van der Waals surface area contributed by atoms with Crippen molar-refractivity contribution in [3.63, 3.8) is 0 Å². The van der Waals surface area contributed by atoms with E-state index < -0.39 is 23.1 Å². The Balaban J connectivity index is 0.000000307. The highest BCUT2D eigenvalue weighted by Crippen LogP contribution is 2.35. The van der Waals surface area contributed by atoms with Crippen LogP contribution in [0.5, 0.6) is 23.0 Å². The van der Waals surface area contributed by atoms with Crippen LogP contribution in [0.15, 0.2) is 97.1 Å². The van der Waals surface area contributed by atoms with Gasteiger partial charge in [-0.05, 0) is 97.2 Å². The second kappa shape index (κ2) is 25.4. The second-order valence-corrected chi connectivity index (χ2v) is 13.1. The van der Waals surface area contributed by atoms with E-state index in [9.17, 15) is 29.6 Å². The minimum absolute atomic E-state index is 0.147. The van der Waals surface area contributed by atoms with Crippen LogP contribution in [0, 0.1) is 22.0 Å². The highest BCUT2D eigenvalue weighted by atomic mass is 35.5. The maximum Gasteiger partial charge on any atom is 0.336 e. The maximum atomic E-state index is 12.0. The summed E-state index contributed by atoms with van der Waals surface area (Å²) in [5, 5.41) is 22.3. The van der Waals surface area contributed by atoms with Crippen molar-refractivity contribution >= 4 is 36.0 Å². The number of aliphatic hydroxyl groups is 1.